The Kier molecular flexibility index (Phi) is 7.83. The molecule has 0 saturated heterocycles. The van der Waals surface area contributed by atoms with Crippen LogP contribution in [-0.2, 0) is 0 Å². The molecule has 0 atom stereocenters. The van der Waals surface area contributed by atoms with Crippen LogP contribution in [0.5, 0.6) is 0 Å². The van der Waals surface area contributed by atoms with E-state index in [4.69, 9.17) is 0 Å². The second-order valence-corrected chi connectivity index (χ2v) is 6.20. The molecule has 0 aliphatic rings. The van der Waals surface area contributed by atoms with Crippen LogP contribution in [0, 0.1) is 0 Å². The molecule has 0 aromatic heterocycles. The van der Waals surface area contributed by atoms with Crippen LogP contribution in [-0.4, -0.2) is 60.0 Å². The molecule has 0 radical (unpaired) electrons. The van der Waals surface area contributed by atoms with Crippen molar-refractivity contribution in [1.82, 2.24) is 0 Å². The Morgan fingerprint density at radius 1 is 0.278 bits per heavy atom. The third kappa shape index (κ3) is 4.48. The van der Waals surface area contributed by atoms with Crippen LogP contribution in [0.15, 0.2) is 11.4 Å². The van der Waals surface area contributed by atoms with Gasteiger partial charge in [-0.05, 0) is 0 Å². The second kappa shape index (κ2) is 8.28. The number of alkyl halides is 23. The molecule has 0 aliphatic carbocycles. The summed E-state index contributed by atoms with van der Waals surface area (Å²) in [6.07, 6.45) is -24.5. The Bertz CT molecular complexity index is 802. The van der Waals surface area contributed by atoms with Gasteiger partial charge in [0.2, 0.25) is 0 Å². The summed E-state index contributed by atoms with van der Waals surface area (Å²) in [5, 5.41) is 0. The van der Waals surface area contributed by atoms with Gasteiger partial charge in [-0.2, -0.15) is 101 Å². The average molecular weight is 600 g/mol. The Morgan fingerprint density at radius 3 is 0.694 bits per heavy atom. The molecule has 0 unspecified atom stereocenters. The van der Waals surface area contributed by atoms with Crippen LogP contribution in [0.4, 0.5) is 105 Å². The summed E-state index contributed by atoms with van der Waals surface area (Å²) in [5.74, 6) is -67.7. The topological polar surface area (TPSA) is 0 Å². The van der Waals surface area contributed by atoms with E-state index in [1.165, 1.54) is 0 Å². The van der Waals surface area contributed by atoms with Gasteiger partial charge in [0.05, 0.1) is 0 Å². The Balaban J connectivity index is 8.05. The molecule has 0 nitrogen and oxygen atoms in total. The molecule has 24 heteroatoms. The summed E-state index contributed by atoms with van der Waals surface area (Å²) >= 11 is 0. The number of allylic oxidation sites excluding steroid dienone is 2. The fourth-order valence-corrected chi connectivity index (χ4v) is 1.81. The van der Waals surface area contributed by atoms with Gasteiger partial charge in [0.25, 0.3) is 0 Å². The maximum Gasteiger partial charge on any atom is 0.460 e. The SMILES string of the molecule is FC(=C(C(F)(F)C(F)(F)C(F)(F)F)C(F)(F)C(F)(F)C(F)(F)F)C(F)(F)C(F)(F)C(F)(F)C(F)(F)F. The summed E-state index contributed by atoms with van der Waals surface area (Å²) in [5.41, 5.74) is -6.54. The highest BCUT2D eigenvalue weighted by Crippen LogP contribution is 2.63. The van der Waals surface area contributed by atoms with Gasteiger partial charge in [-0.15, -0.1) is 0 Å². The molecule has 216 valence electrons. The number of hydrogen-bond donors (Lipinski definition) is 0. The fraction of sp³-hybridized carbons (Fsp3) is 0.833. The molecule has 0 rings (SSSR count). The predicted octanol–water partition coefficient (Wildman–Crippen LogP) is 8.34. The largest absolute Gasteiger partial charge is 0.460 e. The summed E-state index contributed by atoms with van der Waals surface area (Å²) in [6.45, 7) is 0. The summed E-state index contributed by atoms with van der Waals surface area (Å²) < 4.78 is 307. The summed E-state index contributed by atoms with van der Waals surface area (Å²) in [6, 6.07) is 0. The van der Waals surface area contributed by atoms with Crippen LogP contribution in [0.25, 0.3) is 0 Å². The fourth-order valence-electron chi connectivity index (χ4n) is 1.81. The maximum atomic E-state index is 13.7. The highest BCUT2D eigenvalue weighted by Gasteiger charge is 2.88. The molecule has 36 heavy (non-hydrogen) atoms. The van der Waals surface area contributed by atoms with Crippen molar-refractivity contribution in [3.63, 3.8) is 0 Å². The van der Waals surface area contributed by atoms with Crippen LogP contribution >= 0.6 is 0 Å². The lowest BCUT2D eigenvalue weighted by molar-refractivity contribution is -0.394. The molecule has 0 saturated carbocycles. The third-order valence-electron chi connectivity index (χ3n) is 3.77. The molecule has 0 bridgehead atoms. The molecule has 0 aromatic carbocycles. The van der Waals surface area contributed by atoms with E-state index in [0.717, 1.165) is 0 Å². The van der Waals surface area contributed by atoms with E-state index in [1.807, 2.05) is 0 Å². The first-order chi connectivity index (χ1) is 15.0. The van der Waals surface area contributed by atoms with Crippen LogP contribution in [0.3, 0.4) is 0 Å². The van der Waals surface area contributed by atoms with Crippen LogP contribution in [0.1, 0.15) is 0 Å². The number of rotatable bonds is 7. The van der Waals surface area contributed by atoms with E-state index >= 15 is 0 Å². The first kappa shape index (κ1) is 34.1. The first-order valence-electron chi connectivity index (χ1n) is 7.29. The minimum Gasteiger partial charge on any atom is -0.204 e. The van der Waals surface area contributed by atoms with E-state index in [0.29, 0.717) is 0 Å². The molecule has 0 amide bonds. The smallest absolute Gasteiger partial charge is 0.204 e. The van der Waals surface area contributed by atoms with Crippen molar-refractivity contribution < 1.29 is 105 Å². The zero-order valence-corrected chi connectivity index (χ0v) is 15.1. The van der Waals surface area contributed by atoms with Gasteiger partial charge in [0, 0.05) is 0 Å². The van der Waals surface area contributed by atoms with Crippen molar-refractivity contribution >= 4 is 0 Å². The molecule has 0 fully saturated rings. The number of hydrogen-bond acceptors (Lipinski definition) is 0. The molecular formula is C12F24. The molecule has 0 spiro atoms. The molecule has 0 heterocycles. The van der Waals surface area contributed by atoms with Gasteiger partial charge >= 0.3 is 60.0 Å². The van der Waals surface area contributed by atoms with Crippen molar-refractivity contribution in [2.75, 3.05) is 0 Å². The van der Waals surface area contributed by atoms with Gasteiger partial charge in [0.15, 0.2) is 5.83 Å². The lowest BCUT2D eigenvalue weighted by Gasteiger charge is -2.39. The van der Waals surface area contributed by atoms with Gasteiger partial charge in [-0.3, -0.25) is 0 Å². The lowest BCUT2D eigenvalue weighted by Crippen LogP contribution is -2.64. The first-order valence-corrected chi connectivity index (χ1v) is 7.29. The number of halogens is 24. The standard InChI is InChI=1S/C12F24/c13-2(5(18,19)6(20,21)9(26,27)12(34,35)36)1(3(14,15)7(22,23)10(28,29)30)4(16,17)8(24,25)11(31,32)33. The van der Waals surface area contributed by atoms with Crippen LogP contribution < -0.4 is 0 Å². The van der Waals surface area contributed by atoms with Crippen molar-refractivity contribution in [3.05, 3.63) is 11.4 Å². The highest BCUT2D eigenvalue weighted by molar-refractivity contribution is 5.36. The summed E-state index contributed by atoms with van der Waals surface area (Å²) in [4.78, 5) is 0. The minimum atomic E-state index is -8.92. The molecular weight excluding hydrogens is 600 g/mol. The molecule has 0 aliphatic heterocycles. The Labute approximate surface area is 178 Å². The quantitative estimate of drug-likeness (QED) is 0.258. The maximum absolute atomic E-state index is 13.7. The van der Waals surface area contributed by atoms with Crippen molar-refractivity contribution in [2.24, 2.45) is 0 Å². The van der Waals surface area contributed by atoms with E-state index in [9.17, 15) is 105 Å². The minimum absolute atomic E-state index is 6.43. The highest BCUT2D eigenvalue weighted by atomic mass is 19.4. The zero-order valence-electron chi connectivity index (χ0n) is 15.1. The van der Waals surface area contributed by atoms with E-state index in [-0.39, 0.29) is 0 Å². The average Bonchev–Trinajstić information content (AvgIpc) is 2.57. The Hall–Kier alpha value is -1.94. The Morgan fingerprint density at radius 2 is 0.500 bits per heavy atom. The van der Waals surface area contributed by atoms with Gasteiger partial charge < -0.3 is 0 Å². The van der Waals surface area contributed by atoms with Crippen LogP contribution in [0.2, 0.25) is 0 Å². The van der Waals surface area contributed by atoms with E-state index < -0.39 is 71.4 Å². The summed E-state index contributed by atoms with van der Waals surface area (Å²) in [7, 11) is 0. The van der Waals surface area contributed by atoms with Crippen molar-refractivity contribution in [1.29, 1.82) is 0 Å². The van der Waals surface area contributed by atoms with Gasteiger partial charge in [-0.1, -0.05) is 0 Å². The third-order valence-corrected chi connectivity index (χ3v) is 3.77. The normalized spacial score (nSPS) is 16.3. The van der Waals surface area contributed by atoms with E-state index in [1.54, 1.807) is 0 Å². The van der Waals surface area contributed by atoms with Crippen molar-refractivity contribution in [3.8, 4) is 0 Å². The molecule has 0 N–H and O–H groups in total. The predicted molar refractivity (Wildman–Crippen MR) is 60.9 cm³/mol. The monoisotopic (exact) mass is 600 g/mol. The van der Waals surface area contributed by atoms with Crippen molar-refractivity contribution in [2.45, 2.75) is 60.0 Å². The second-order valence-electron chi connectivity index (χ2n) is 6.20. The van der Waals surface area contributed by atoms with Gasteiger partial charge in [-0.25, -0.2) is 4.39 Å². The van der Waals surface area contributed by atoms with E-state index in [2.05, 4.69) is 0 Å². The molecule has 0 aromatic rings. The lowest BCUT2D eigenvalue weighted by atomic mass is 9.87. The zero-order chi connectivity index (χ0) is 30.2. The van der Waals surface area contributed by atoms with Gasteiger partial charge in [0.1, 0.15) is 5.57 Å².